The van der Waals surface area contributed by atoms with E-state index < -0.39 is 57.6 Å². The van der Waals surface area contributed by atoms with Gasteiger partial charge in [0.05, 0.1) is 13.2 Å². The molecule has 0 aromatic rings. The first-order chi connectivity index (χ1) is 29.1. The molecule has 0 spiro atoms. The minimum absolute atomic E-state index is 0.121. The van der Waals surface area contributed by atoms with Crippen molar-refractivity contribution in [2.45, 2.75) is 167 Å². The Morgan fingerprint density at radius 3 is 1.47 bits per heavy atom. The maximum atomic E-state index is 12.3. The zero-order valence-corrected chi connectivity index (χ0v) is 37.6. The van der Waals surface area contributed by atoms with Crippen LogP contribution < -0.4 is 5.32 Å². The number of nitrogens with one attached hydrogen (secondary N) is 1. The number of carboxylic acid groups (broad SMARTS) is 1. The molecule has 1 amide bonds. The molecule has 0 aliphatic heterocycles. The summed E-state index contributed by atoms with van der Waals surface area (Å²) >= 11 is 0. The Balaban J connectivity index is 4.00. The third-order valence-electron chi connectivity index (χ3n) is 8.86. The van der Waals surface area contributed by atoms with Gasteiger partial charge < -0.3 is 25.2 Å². The second kappa shape index (κ2) is 42.1. The van der Waals surface area contributed by atoms with Crippen molar-refractivity contribution < 1.29 is 47.8 Å². The summed E-state index contributed by atoms with van der Waals surface area (Å²) < 4.78 is 26.8. The van der Waals surface area contributed by atoms with Crippen LogP contribution in [0.25, 0.3) is 0 Å². The highest BCUT2D eigenvalue weighted by Crippen LogP contribution is 2.43. The van der Waals surface area contributed by atoms with Gasteiger partial charge in [0.25, 0.3) is 0 Å². The van der Waals surface area contributed by atoms with Crippen molar-refractivity contribution in [3.63, 3.8) is 0 Å². The van der Waals surface area contributed by atoms with E-state index in [-0.39, 0.29) is 12.8 Å². The first-order valence-corrected chi connectivity index (χ1v) is 23.8. The van der Waals surface area contributed by atoms with E-state index in [1.54, 1.807) is 0 Å². The number of hydrogen-bond acceptors (Lipinski definition) is 8. The summed E-state index contributed by atoms with van der Waals surface area (Å²) in [7, 11) is -4.78. The van der Waals surface area contributed by atoms with Crippen molar-refractivity contribution in [1.82, 2.24) is 5.32 Å². The molecule has 0 aromatic heterocycles. The van der Waals surface area contributed by atoms with Gasteiger partial charge in [-0.05, 0) is 96.3 Å². The van der Waals surface area contributed by atoms with E-state index in [1.807, 2.05) is 0 Å². The molecule has 0 aliphatic carbocycles. The number of carbonyl (C=O) groups is 3. The molecule has 0 saturated carbocycles. The summed E-state index contributed by atoms with van der Waals surface area (Å²) in [5.41, 5.74) is 0. The second-order valence-corrected chi connectivity index (χ2v) is 16.0. The van der Waals surface area contributed by atoms with Gasteiger partial charge >= 0.3 is 19.8 Å². The van der Waals surface area contributed by atoms with Gasteiger partial charge in [-0.15, -0.1) is 0 Å². The summed E-state index contributed by atoms with van der Waals surface area (Å²) in [6.45, 7) is 2.38. The van der Waals surface area contributed by atoms with Crippen LogP contribution in [0.3, 0.4) is 0 Å². The molecule has 0 radical (unpaired) electrons. The van der Waals surface area contributed by atoms with Gasteiger partial charge in [-0.1, -0.05) is 143 Å². The molecule has 11 nitrogen and oxygen atoms in total. The molecule has 0 aromatic carbocycles. The number of allylic oxidation sites excluding steroid dienone is 16. The lowest BCUT2D eigenvalue weighted by Crippen LogP contribution is -2.43. The van der Waals surface area contributed by atoms with Gasteiger partial charge in [0.2, 0.25) is 5.91 Å². The molecule has 3 unspecified atom stereocenters. The van der Waals surface area contributed by atoms with Gasteiger partial charge in [0, 0.05) is 12.8 Å². The molecular formula is C48H78NO10P. The number of ether oxygens (including phenoxy) is 1. The topological polar surface area (TPSA) is 169 Å². The van der Waals surface area contributed by atoms with E-state index in [9.17, 15) is 34.1 Å². The van der Waals surface area contributed by atoms with Gasteiger partial charge in [-0.3, -0.25) is 18.6 Å². The van der Waals surface area contributed by atoms with Gasteiger partial charge in [-0.2, -0.15) is 0 Å². The number of phosphoric ester groups is 1. The molecule has 0 heterocycles. The molecule has 0 rings (SSSR count). The minimum atomic E-state index is -4.78. The Hall–Kier alpha value is -3.60. The average Bonchev–Trinajstić information content (AvgIpc) is 3.22. The van der Waals surface area contributed by atoms with Crippen LogP contribution in [0.4, 0.5) is 0 Å². The number of aliphatic hydroxyl groups is 1. The van der Waals surface area contributed by atoms with Crippen molar-refractivity contribution in [2.24, 2.45) is 0 Å². The molecular weight excluding hydrogens is 781 g/mol. The number of rotatable bonds is 40. The number of carboxylic acids is 1. The van der Waals surface area contributed by atoms with Crippen LogP contribution in [0.5, 0.6) is 0 Å². The maximum absolute atomic E-state index is 12.3. The Morgan fingerprint density at radius 1 is 0.550 bits per heavy atom. The summed E-state index contributed by atoms with van der Waals surface area (Å²) in [6, 6.07) is -1.56. The number of unbranched alkanes of at least 4 members (excludes halogenated alkanes) is 10. The molecule has 0 aliphatic rings. The van der Waals surface area contributed by atoms with Crippen molar-refractivity contribution in [3.8, 4) is 0 Å². The fraction of sp³-hybridized carbons (Fsp3) is 0.604. The number of phosphoric acid groups is 1. The molecule has 0 saturated heterocycles. The van der Waals surface area contributed by atoms with Crippen LogP contribution in [-0.4, -0.2) is 64.9 Å². The van der Waals surface area contributed by atoms with Crippen molar-refractivity contribution in [3.05, 3.63) is 97.2 Å². The number of amides is 1. The van der Waals surface area contributed by atoms with E-state index in [0.717, 1.165) is 96.3 Å². The van der Waals surface area contributed by atoms with Crippen LogP contribution in [0.15, 0.2) is 97.2 Å². The number of aliphatic hydroxyl groups excluding tert-OH is 1. The first kappa shape index (κ1) is 56.4. The smallest absolute Gasteiger partial charge is 0.472 e. The molecule has 340 valence electrons. The third kappa shape index (κ3) is 41.1. The molecule has 0 bridgehead atoms. The normalized spacial score (nSPS) is 14.6. The third-order valence-corrected chi connectivity index (χ3v) is 9.81. The lowest BCUT2D eigenvalue weighted by molar-refractivity contribution is -0.147. The van der Waals surface area contributed by atoms with Crippen LogP contribution in [-0.2, 0) is 32.7 Å². The quantitative estimate of drug-likeness (QED) is 0.0201. The summed E-state index contributed by atoms with van der Waals surface area (Å²) in [5, 5.41) is 21.8. The fourth-order valence-electron chi connectivity index (χ4n) is 5.40. The molecule has 3 atom stereocenters. The van der Waals surface area contributed by atoms with Crippen LogP contribution in [0.2, 0.25) is 0 Å². The van der Waals surface area contributed by atoms with Gasteiger partial charge in [0.1, 0.15) is 12.7 Å². The highest BCUT2D eigenvalue weighted by atomic mass is 31.2. The highest BCUT2D eigenvalue weighted by molar-refractivity contribution is 7.47. The largest absolute Gasteiger partial charge is 0.480 e. The van der Waals surface area contributed by atoms with E-state index in [0.29, 0.717) is 12.8 Å². The van der Waals surface area contributed by atoms with E-state index >= 15 is 0 Å². The predicted octanol–water partition coefficient (Wildman–Crippen LogP) is 11.7. The summed E-state index contributed by atoms with van der Waals surface area (Å²) in [4.78, 5) is 45.9. The summed E-state index contributed by atoms with van der Waals surface area (Å²) in [6.07, 6.45) is 52.9. The van der Waals surface area contributed by atoms with Crippen LogP contribution >= 0.6 is 7.82 Å². The van der Waals surface area contributed by atoms with E-state index in [4.69, 9.17) is 13.8 Å². The van der Waals surface area contributed by atoms with Crippen LogP contribution in [0, 0.1) is 0 Å². The maximum Gasteiger partial charge on any atom is 0.472 e. The SMILES string of the molecule is CC/C=C\C/C=C\C/C=C\C/C=C\C/C=C\C/C=C\CCCCC(=O)OCC(O)COP(=O)(O)OCC(NC(=O)CCCCCCC/C=C\C/C=C\CCCCC)C(=O)O. The first-order valence-electron chi connectivity index (χ1n) is 22.3. The minimum Gasteiger partial charge on any atom is -0.480 e. The predicted molar refractivity (Wildman–Crippen MR) is 244 cm³/mol. The Bertz CT molecular complexity index is 1380. The van der Waals surface area contributed by atoms with Crippen molar-refractivity contribution >= 4 is 25.7 Å². The molecule has 4 N–H and O–H groups in total. The standard InChI is InChI=1S/C48H78NO10P/c1-3-5-7-9-11-13-15-17-19-20-21-22-23-24-26-28-30-32-34-36-38-40-47(52)57-41-44(50)42-58-60(55,56)59-43-45(48(53)54)49-46(51)39-37-35-33-31-29-27-25-18-16-14-12-10-8-6-4-2/h5,7,11-14,17-19,21-22,24-26,30,32,44-45,50H,3-4,6,8-10,15-16,20,23,27-29,31,33-43H2,1-2H3,(H,49,51)(H,53,54)(H,55,56)/b7-5-,13-11-,14-12-,19-17-,22-21-,25-18-,26-24-,32-30-. The zero-order valence-electron chi connectivity index (χ0n) is 36.7. The van der Waals surface area contributed by atoms with E-state index in [2.05, 4.69) is 116 Å². The van der Waals surface area contributed by atoms with Crippen molar-refractivity contribution in [1.29, 1.82) is 0 Å². The molecule has 0 fully saturated rings. The fourth-order valence-corrected chi connectivity index (χ4v) is 6.18. The number of esters is 1. The number of carbonyl (C=O) groups excluding carboxylic acids is 2. The monoisotopic (exact) mass is 860 g/mol. The molecule has 60 heavy (non-hydrogen) atoms. The van der Waals surface area contributed by atoms with Crippen LogP contribution in [0.1, 0.15) is 155 Å². The Kier molecular flexibility index (Phi) is 39.6. The molecule has 12 heteroatoms. The van der Waals surface area contributed by atoms with Gasteiger partial charge in [0.15, 0.2) is 6.04 Å². The van der Waals surface area contributed by atoms with E-state index in [1.165, 1.54) is 19.3 Å². The Morgan fingerprint density at radius 2 is 0.967 bits per heavy atom. The number of hydrogen-bond donors (Lipinski definition) is 4. The zero-order chi connectivity index (χ0) is 44.2. The summed E-state index contributed by atoms with van der Waals surface area (Å²) in [5.74, 6) is -2.45. The number of aliphatic carboxylic acids is 1. The Labute approximate surface area is 362 Å². The van der Waals surface area contributed by atoms with Gasteiger partial charge in [-0.25, -0.2) is 9.36 Å². The highest BCUT2D eigenvalue weighted by Gasteiger charge is 2.28. The lowest BCUT2D eigenvalue weighted by Gasteiger charge is -2.18. The second-order valence-electron chi connectivity index (χ2n) is 14.5. The average molecular weight is 860 g/mol. The lowest BCUT2D eigenvalue weighted by atomic mass is 10.1. The van der Waals surface area contributed by atoms with Crippen molar-refractivity contribution in [2.75, 3.05) is 19.8 Å².